The molecule has 0 aromatic heterocycles. The second-order valence-corrected chi connectivity index (χ2v) is 7.06. The zero-order valence-corrected chi connectivity index (χ0v) is 17.5. The van der Waals surface area contributed by atoms with E-state index in [4.69, 9.17) is 21.7 Å². The van der Waals surface area contributed by atoms with Crippen LogP contribution in [0.4, 0.5) is 0 Å². The standard InChI is InChI=1S/C17H29N5O10/c1-6(23)12(19)16(30)21-9(5-10(18)25)15(29)20-8(3-4-11(26)27)14(28)22-13(7(2)24)17(31)32/h6-9,12-13,23-24H,3-5,19H2,1-2H3,(H2,18,25)(H,20,29)(H,21,30)(H,22,28)(H,26,27)(H,31,32). The molecule has 11 N–H and O–H groups in total. The van der Waals surface area contributed by atoms with Crippen molar-refractivity contribution in [3.8, 4) is 0 Å². The summed E-state index contributed by atoms with van der Waals surface area (Å²) in [5.41, 5.74) is 10.5. The zero-order chi connectivity index (χ0) is 25.2. The Morgan fingerprint density at radius 3 is 1.72 bits per heavy atom. The number of aliphatic carboxylic acids is 2. The third-order valence-electron chi connectivity index (χ3n) is 4.19. The minimum Gasteiger partial charge on any atom is -0.481 e. The Labute approximate surface area is 182 Å². The summed E-state index contributed by atoms with van der Waals surface area (Å²) < 4.78 is 0. The van der Waals surface area contributed by atoms with Crippen LogP contribution in [-0.4, -0.2) is 92.4 Å². The Bertz CT molecular complexity index is 727. The van der Waals surface area contributed by atoms with Gasteiger partial charge in [-0.1, -0.05) is 0 Å². The van der Waals surface area contributed by atoms with Crippen molar-refractivity contribution in [3.63, 3.8) is 0 Å². The molecule has 6 unspecified atom stereocenters. The van der Waals surface area contributed by atoms with E-state index in [1.54, 1.807) is 0 Å². The van der Waals surface area contributed by atoms with Gasteiger partial charge in [-0.05, 0) is 20.3 Å². The van der Waals surface area contributed by atoms with Gasteiger partial charge >= 0.3 is 11.9 Å². The van der Waals surface area contributed by atoms with Crippen LogP contribution < -0.4 is 27.4 Å². The van der Waals surface area contributed by atoms with E-state index in [9.17, 15) is 39.0 Å². The Hall–Kier alpha value is -3.30. The molecule has 0 radical (unpaired) electrons. The molecule has 0 rings (SSSR count). The van der Waals surface area contributed by atoms with Crippen molar-refractivity contribution in [2.24, 2.45) is 11.5 Å². The fourth-order valence-electron chi connectivity index (χ4n) is 2.35. The van der Waals surface area contributed by atoms with Crippen LogP contribution in [0.3, 0.4) is 0 Å². The maximum absolute atomic E-state index is 12.6. The maximum atomic E-state index is 12.6. The summed E-state index contributed by atoms with van der Waals surface area (Å²) in [6.07, 6.45) is -4.62. The molecule has 0 aliphatic heterocycles. The highest BCUT2D eigenvalue weighted by atomic mass is 16.4. The number of carboxylic acids is 2. The lowest BCUT2D eigenvalue weighted by atomic mass is 10.1. The largest absolute Gasteiger partial charge is 0.481 e. The molecule has 0 aromatic carbocycles. The highest BCUT2D eigenvalue weighted by Gasteiger charge is 2.33. The number of primary amides is 1. The molecule has 0 fully saturated rings. The monoisotopic (exact) mass is 463 g/mol. The van der Waals surface area contributed by atoms with E-state index in [2.05, 4.69) is 10.6 Å². The first kappa shape index (κ1) is 28.7. The molecule has 0 aliphatic carbocycles. The van der Waals surface area contributed by atoms with E-state index in [1.165, 1.54) is 6.92 Å². The molecule has 182 valence electrons. The van der Waals surface area contributed by atoms with E-state index in [-0.39, 0.29) is 0 Å². The first-order valence-electron chi connectivity index (χ1n) is 9.43. The summed E-state index contributed by atoms with van der Waals surface area (Å²) in [6.45, 7) is 2.30. The Balaban J connectivity index is 5.60. The predicted molar refractivity (Wildman–Crippen MR) is 105 cm³/mol. The molecule has 0 bridgehead atoms. The molecule has 0 saturated heterocycles. The number of hydrogen-bond acceptors (Lipinski definition) is 9. The SMILES string of the molecule is CC(O)C(N)C(=O)NC(CC(N)=O)C(=O)NC(CCC(=O)O)C(=O)NC(C(=O)O)C(C)O. The van der Waals surface area contributed by atoms with Crippen molar-refractivity contribution in [2.75, 3.05) is 0 Å². The van der Waals surface area contributed by atoms with Gasteiger partial charge in [0.05, 0.1) is 18.6 Å². The second kappa shape index (κ2) is 13.2. The lowest BCUT2D eigenvalue weighted by Gasteiger charge is -2.25. The number of amides is 4. The number of nitrogens with two attached hydrogens (primary N) is 2. The molecule has 32 heavy (non-hydrogen) atoms. The minimum absolute atomic E-state index is 0.483. The summed E-state index contributed by atoms with van der Waals surface area (Å²) >= 11 is 0. The van der Waals surface area contributed by atoms with Gasteiger partial charge in [-0.2, -0.15) is 0 Å². The van der Waals surface area contributed by atoms with Crippen LogP contribution in [0, 0.1) is 0 Å². The number of carbonyl (C=O) groups is 6. The van der Waals surface area contributed by atoms with Gasteiger partial charge in [0.2, 0.25) is 23.6 Å². The number of aliphatic hydroxyl groups is 2. The number of nitrogens with one attached hydrogen (secondary N) is 3. The third-order valence-corrected chi connectivity index (χ3v) is 4.19. The molecule has 0 spiro atoms. The summed E-state index contributed by atoms with van der Waals surface area (Å²) in [5, 5.41) is 43.0. The van der Waals surface area contributed by atoms with Crippen LogP contribution in [0.5, 0.6) is 0 Å². The van der Waals surface area contributed by atoms with Crippen LogP contribution in [0.2, 0.25) is 0 Å². The minimum atomic E-state index is -1.75. The molecule has 4 amide bonds. The van der Waals surface area contributed by atoms with Crippen LogP contribution in [0.15, 0.2) is 0 Å². The third kappa shape index (κ3) is 10.1. The zero-order valence-electron chi connectivity index (χ0n) is 17.5. The van der Waals surface area contributed by atoms with Gasteiger partial charge in [0, 0.05) is 6.42 Å². The van der Waals surface area contributed by atoms with E-state index < -0.39 is 91.2 Å². The predicted octanol–water partition coefficient (Wildman–Crippen LogP) is -4.65. The highest BCUT2D eigenvalue weighted by Crippen LogP contribution is 2.04. The molecule has 0 aromatic rings. The number of carbonyl (C=O) groups excluding carboxylic acids is 4. The van der Waals surface area contributed by atoms with Gasteiger partial charge in [-0.25, -0.2) is 4.79 Å². The Morgan fingerprint density at radius 1 is 0.812 bits per heavy atom. The normalized spacial score (nSPS) is 16.4. The van der Waals surface area contributed by atoms with Gasteiger partial charge in [0.15, 0.2) is 6.04 Å². The number of hydrogen-bond donors (Lipinski definition) is 9. The average Bonchev–Trinajstić information content (AvgIpc) is 2.66. The smallest absolute Gasteiger partial charge is 0.328 e. The molecule has 0 aliphatic rings. The van der Waals surface area contributed by atoms with Crippen molar-refractivity contribution in [1.29, 1.82) is 0 Å². The van der Waals surface area contributed by atoms with Gasteiger partial charge in [-0.3, -0.25) is 24.0 Å². The second-order valence-electron chi connectivity index (χ2n) is 7.06. The summed E-state index contributed by atoms with van der Waals surface area (Å²) in [4.78, 5) is 70.4. The van der Waals surface area contributed by atoms with Crippen molar-refractivity contribution < 1.29 is 49.2 Å². The highest BCUT2D eigenvalue weighted by molar-refractivity contribution is 5.96. The molecule has 0 heterocycles. The quantitative estimate of drug-likeness (QED) is 0.118. The van der Waals surface area contributed by atoms with E-state index in [1.807, 2.05) is 5.32 Å². The molecular weight excluding hydrogens is 434 g/mol. The van der Waals surface area contributed by atoms with Gasteiger partial charge < -0.3 is 47.8 Å². The van der Waals surface area contributed by atoms with Crippen molar-refractivity contribution >= 4 is 35.6 Å². The summed E-state index contributed by atoms with van der Waals surface area (Å²) in [5.74, 6) is -7.17. The average molecular weight is 463 g/mol. The van der Waals surface area contributed by atoms with E-state index in [0.29, 0.717) is 0 Å². The first-order valence-corrected chi connectivity index (χ1v) is 9.43. The Morgan fingerprint density at radius 2 is 1.31 bits per heavy atom. The Kier molecular flexibility index (Phi) is 11.8. The van der Waals surface area contributed by atoms with Crippen molar-refractivity contribution in [1.82, 2.24) is 16.0 Å². The van der Waals surface area contributed by atoms with E-state index in [0.717, 1.165) is 6.92 Å². The maximum Gasteiger partial charge on any atom is 0.328 e. The summed E-state index contributed by atoms with van der Waals surface area (Å²) in [7, 11) is 0. The molecule has 6 atom stereocenters. The molecule has 15 heteroatoms. The van der Waals surface area contributed by atoms with Crippen molar-refractivity contribution in [3.05, 3.63) is 0 Å². The van der Waals surface area contributed by atoms with E-state index >= 15 is 0 Å². The lowest BCUT2D eigenvalue weighted by Crippen LogP contribution is -2.59. The van der Waals surface area contributed by atoms with Crippen LogP contribution >= 0.6 is 0 Å². The van der Waals surface area contributed by atoms with Crippen LogP contribution in [-0.2, 0) is 28.8 Å². The molecule has 0 saturated carbocycles. The molecular formula is C17H29N5O10. The van der Waals surface area contributed by atoms with Crippen LogP contribution in [0.25, 0.3) is 0 Å². The number of aliphatic hydroxyl groups excluding tert-OH is 2. The van der Waals surface area contributed by atoms with Crippen LogP contribution in [0.1, 0.15) is 33.1 Å². The van der Waals surface area contributed by atoms with Gasteiger partial charge in [-0.15, -0.1) is 0 Å². The van der Waals surface area contributed by atoms with Gasteiger partial charge in [0.1, 0.15) is 18.1 Å². The fourth-order valence-corrected chi connectivity index (χ4v) is 2.35. The molecule has 15 nitrogen and oxygen atoms in total. The number of carboxylic acid groups (broad SMARTS) is 2. The number of rotatable bonds is 14. The topological polar surface area (TPSA) is 271 Å². The first-order chi connectivity index (χ1) is 14.7. The fraction of sp³-hybridized carbons (Fsp3) is 0.647. The lowest BCUT2D eigenvalue weighted by molar-refractivity contribution is -0.145. The van der Waals surface area contributed by atoms with Crippen molar-refractivity contribution in [2.45, 2.75) is 69.5 Å². The summed E-state index contributed by atoms with van der Waals surface area (Å²) in [6, 6.07) is -6.43. The van der Waals surface area contributed by atoms with Gasteiger partial charge in [0.25, 0.3) is 0 Å².